The molecule has 0 aromatic heterocycles. The van der Waals surface area contributed by atoms with Crippen LogP contribution >= 0.6 is 0 Å². The highest BCUT2D eigenvalue weighted by atomic mass is 16.6. The van der Waals surface area contributed by atoms with Gasteiger partial charge in [-0.05, 0) is 24.6 Å². The van der Waals surface area contributed by atoms with Crippen molar-refractivity contribution < 1.29 is 14.8 Å². The molecule has 0 atom stereocenters. The third kappa shape index (κ3) is 2.02. The summed E-state index contributed by atoms with van der Waals surface area (Å²) in [6, 6.07) is 0. The van der Waals surface area contributed by atoms with Crippen LogP contribution in [0.3, 0.4) is 0 Å². The van der Waals surface area contributed by atoms with Gasteiger partial charge in [0, 0.05) is 0 Å². The summed E-state index contributed by atoms with van der Waals surface area (Å²) in [5.74, 6) is -0.129. The minimum atomic E-state index is -0.646. The van der Waals surface area contributed by atoms with E-state index in [9.17, 15) is 14.9 Å². The van der Waals surface area contributed by atoms with Gasteiger partial charge in [-0.15, -0.1) is 0 Å². The Hall–Kier alpha value is -1.91. The highest BCUT2D eigenvalue weighted by molar-refractivity contribution is 5.80. The molecule has 68 valence electrons. The fourth-order valence-electron chi connectivity index (χ4n) is 0.976. The molecule has 0 bridgehead atoms. The maximum absolute atomic E-state index is 10.4. The zero-order chi connectivity index (χ0) is 9.84. The van der Waals surface area contributed by atoms with Crippen LogP contribution in [0.4, 0.5) is 0 Å². The molecule has 0 amide bonds. The zero-order valence-corrected chi connectivity index (χ0v) is 6.64. The quantitative estimate of drug-likeness (QED) is 0.393. The molecule has 0 aromatic carbocycles. The number of hydrogen-bond donors (Lipinski definition) is 1. The van der Waals surface area contributed by atoms with Crippen molar-refractivity contribution in [2.75, 3.05) is 0 Å². The van der Waals surface area contributed by atoms with Crippen LogP contribution in [0.5, 0.6) is 0 Å². The fourth-order valence-corrected chi connectivity index (χ4v) is 0.976. The van der Waals surface area contributed by atoms with Gasteiger partial charge in [-0.25, -0.2) is 0 Å². The molecule has 0 heterocycles. The molecule has 0 saturated carbocycles. The van der Waals surface area contributed by atoms with E-state index >= 15 is 0 Å². The molecule has 1 aliphatic carbocycles. The van der Waals surface area contributed by atoms with Gasteiger partial charge in [-0.3, -0.25) is 14.9 Å². The number of aldehydes is 1. The summed E-state index contributed by atoms with van der Waals surface area (Å²) in [5.41, 5.74) is -0.383. The third-order valence-corrected chi connectivity index (χ3v) is 1.56. The number of nitrogens with zero attached hydrogens (tertiary/aromatic N) is 1. The standard InChI is InChI=1S/C8H7NO4/c10-5-6-4-7(11)2-1-3-8(6)9(12)13/h2-5,11H,1H2. The van der Waals surface area contributed by atoms with Gasteiger partial charge in [0.2, 0.25) is 0 Å². The second-order valence-electron chi connectivity index (χ2n) is 2.43. The lowest BCUT2D eigenvalue weighted by Crippen LogP contribution is -2.02. The maximum Gasteiger partial charge on any atom is 0.276 e. The number of allylic oxidation sites excluding steroid dienone is 4. The Morgan fingerprint density at radius 3 is 2.77 bits per heavy atom. The maximum atomic E-state index is 10.4. The minimum Gasteiger partial charge on any atom is -0.508 e. The molecule has 0 unspecified atom stereocenters. The number of nitro groups is 1. The molecule has 0 aliphatic heterocycles. The first kappa shape index (κ1) is 9.18. The van der Waals surface area contributed by atoms with E-state index in [0.717, 1.165) is 6.08 Å². The molecule has 0 saturated heterocycles. The predicted octanol–water partition coefficient (Wildman–Crippen LogP) is 1.12. The summed E-state index contributed by atoms with van der Waals surface area (Å²) in [4.78, 5) is 20.2. The summed E-state index contributed by atoms with van der Waals surface area (Å²) < 4.78 is 0. The second-order valence-corrected chi connectivity index (χ2v) is 2.43. The molecule has 1 aliphatic rings. The van der Waals surface area contributed by atoms with E-state index in [0.29, 0.717) is 6.29 Å². The van der Waals surface area contributed by atoms with Crippen molar-refractivity contribution in [3.05, 3.63) is 45.4 Å². The van der Waals surface area contributed by atoms with Crippen molar-refractivity contribution in [3.8, 4) is 0 Å². The van der Waals surface area contributed by atoms with Crippen LogP contribution in [0.1, 0.15) is 6.42 Å². The van der Waals surface area contributed by atoms with Crippen LogP contribution < -0.4 is 0 Å². The van der Waals surface area contributed by atoms with Gasteiger partial charge in [-0.1, -0.05) is 0 Å². The highest BCUT2D eigenvalue weighted by Crippen LogP contribution is 2.15. The average molecular weight is 181 g/mol. The van der Waals surface area contributed by atoms with Gasteiger partial charge >= 0.3 is 0 Å². The third-order valence-electron chi connectivity index (χ3n) is 1.56. The van der Waals surface area contributed by atoms with Crippen molar-refractivity contribution in [1.29, 1.82) is 0 Å². The normalized spacial score (nSPS) is 16.5. The number of aliphatic hydroxyl groups is 1. The van der Waals surface area contributed by atoms with Gasteiger partial charge in [-0.2, -0.15) is 0 Å². The summed E-state index contributed by atoms with van der Waals surface area (Å²) in [5, 5.41) is 19.5. The molecule has 1 N–H and O–H groups in total. The molecule has 0 aromatic rings. The summed E-state index contributed by atoms with van der Waals surface area (Å²) >= 11 is 0. The Morgan fingerprint density at radius 2 is 2.23 bits per heavy atom. The Morgan fingerprint density at radius 1 is 1.54 bits per heavy atom. The van der Waals surface area contributed by atoms with Crippen molar-refractivity contribution in [2.45, 2.75) is 6.42 Å². The monoisotopic (exact) mass is 181 g/mol. The van der Waals surface area contributed by atoms with Gasteiger partial charge in [0.15, 0.2) is 6.29 Å². The lowest BCUT2D eigenvalue weighted by Gasteiger charge is -1.93. The Kier molecular flexibility index (Phi) is 2.59. The molecule has 13 heavy (non-hydrogen) atoms. The Labute approximate surface area is 73.8 Å². The van der Waals surface area contributed by atoms with E-state index in [1.54, 1.807) is 0 Å². The average Bonchev–Trinajstić information content (AvgIpc) is 2.26. The molecular formula is C8H7NO4. The molecular weight excluding hydrogens is 174 g/mol. The number of aliphatic hydroxyl groups excluding tert-OH is 1. The van der Waals surface area contributed by atoms with Gasteiger partial charge in [0.1, 0.15) is 5.76 Å². The fraction of sp³-hybridized carbons (Fsp3) is 0.125. The number of carbonyl (C=O) groups is 1. The van der Waals surface area contributed by atoms with Gasteiger partial charge < -0.3 is 5.11 Å². The van der Waals surface area contributed by atoms with Crippen molar-refractivity contribution in [1.82, 2.24) is 0 Å². The van der Waals surface area contributed by atoms with Crippen LogP contribution in [0.25, 0.3) is 0 Å². The van der Waals surface area contributed by atoms with E-state index in [2.05, 4.69) is 0 Å². The van der Waals surface area contributed by atoms with Gasteiger partial charge in [0.05, 0.1) is 10.5 Å². The SMILES string of the molecule is O=CC1=CC(O)=CCC=C1[N+](=O)[O-]. The lowest BCUT2D eigenvalue weighted by atomic mass is 10.2. The van der Waals surface area contributed by atoms with Crippen LogP contribution in [0.15, 0.2) is 35.3 Å². The summed E-state index contributed by atoms with van der Waals surface area (Å²) in [7, 11) is 0. The molecule has 5 heteroatoms. The Balaban J connectivity index is 3.11. The van der Waals surface area contributed by atoms with E-state index < -0.39 is 4.92 Å². The molecule has 1 rings (SSSR count). The van der Waals surface area contributed by atoms with Crippen LogP contribution in [-0.2, 0) is 4.79 Å². The molecule has 5 nitrogen and oxygen atoms in total. The van der Waals surface area contributed by atoms with E-state index in [1.807, 2.05) is 0 Å². The van der Waals surface area contributed by atoms with Crippen molar-refractivity contribution in [2.24, 2.45) is 0 Å². The van der Waals surface area contributed by atoms with Crippen LogP contribution in [0, 0.1) is 10.1 Å². The van der Waals surface area contributed by atoms with Gasteiger partial charge in [0.25, 0.3) is 5.70 Å². The largest absolute Gasteiger partial charge is 0.508 e. The molecule has 0 fully saturated rings. The topological polar surface area (TPSA) is 80.4 Å². The molecule has 0 spiro atoms. The highest BCUT2D eigenvalue weighted by Gasteiger charge is 2.18. The van der Waals surface area contributed by atoms with E-state index in [1.165, 1.54) is 12.2 Å². The van der Waals surface area contributed by atoms with Crippen molar-refractivity contribution in [3.63, 3.8) is 0 Å². The van der Waals surface area contributed by atoms with Crippen LogP contribution in [0.2, 0.25) is 0 Å². The Bertz CT molecular complexity index is 338. The second kappa shape index (κ2) is 3.66. The van der Waals surface area contributed by atoms with E-state index in [-0.39, 0.29) is 23.5 Å². The first-order chi connectivity index (χ1) is 6.15. The zero-order valence-electron chi connectivity index (χ0n) is 6.64. The van der Waals surface area contributed by atoms with Crippen molar-refractivity contribution >= 4 is 6.29 Å². The first-order valence-electron chi connectivity index (χ1n) is 3.56. The number of hydrogen-bond acceptors (Lipinski definition) is 4. The van der Waals surface area contributed by atoms with E-state index in [4.69, 9.17) is 5.11 Å². The number of carbonyl (C=O) groups excluding carboxylic acids is 1. The summed E-state index contributed by atoms with van der Waals surface area (Å²) in [6.07, 6.45) is 4.35. The predicted molar refractivity (Wildman–Crippen MR) is 44.6 cm³/mol. The minimum absolute atomic E-state index is 0.115. The molecule has 0 radical (unpaired) electrons. The summed E-state index contributed by atoms with van der Waals surface area (Å²) in [6.45, 7) is 0. The first-order valence-corrected chi connectivity index (χ1v) is 3.56. The van der Waals surface area contributed by atoms with Crippen LogP contribution in [-0.4, -0.2) is 16.3 Å². The smallest absolute Gasteiger partial charge is 0.276 e. The number of rotatable bonds is 2. The lowest BCUT2D eigenvalue weighted by molar-refractivity contribution is -0.420.